The second-order valence-corrected chi connectivity index (χ2v) is 8.43. The zero-order chi connectivity index (χ0) is 21.7. The molecule has 0 aliphatic carbocycles. The Labute approximate surface area is 186 Å². The lowest BCUT2D eigenvalue weighted by molar-refractivity contribution is -0.118. The molecule has 0 bridgehead atoms. The number of rotatable bonds is 8. The Hall–Kier alpha value is -2.51. The topological polar surface area (TPSA) is 69.0 Å². The molecule has 1 heterocycles. The molecule has 0 saturated carbocycles. The molecule has 0 aliphatic rings. The average Bonchev–Trinajstić information content (AvgIpc) is 3.10. The number of ether oxygens (including phenoxy) is 1. The minimum absolute atomic E-state index is 0.0702. The zero-order valence-corrected chi connectivity index (χ0v) is 19.0. The van der Waals surface area contributed by atoms with E-state index in [4.69, 9.17) is 16.3 Å². The van der Waals surface area contributed by atoms with Crippen LogP contribution in [0.4, 0.5) is 0 Å². The van der Waals surface area contributed by atoms with E-state index in [1.54, 1.807) is 12.1 Å². The minimum atomic E-state index is -0.268. The molecule has 158 valence electrons. The maximum absolute atomic E-state index is 12.2. The molecule has 1 aromatic heterocycles. The first-order chi connectivity index (χ1) is 14.3. The van der Waals surface area contributed by atoms with E-state index in [2.05, 4.69) is 28.5 Å². The standard InChI is InChI=1S/C22H25ClN4O2S/c1-14-6-5-7-19(15(14)2)29-16(3)21-25-26-22(27(21)4)30-13-20(28)24-12-17-8-10-18(23)11-9-17/h5-11,16H,12-13H2,1-4H3,(H,24,28). The fourth-order valence-corrected chi connectivity index (χ4v) is 3.76. The molecule has 1 N–H and O–H groups in total. The van der Waals surface area contributed by atoms with Crippen LogP contribution in [0.15, 0.2) is 47.6 Å². The first-order valence-corrected chi connectivity index (χ1v) is 11.0. The van der Waals surface area contributed by atoms with E-state index in [1.165, 1.54) is 17.3 Å². The molecule has 1 amide bonds. The molecule has 6 nitrogen and oxygen atoms in total. The number of hydrogen-bond acceptors (Lipinski definition) is 5. The Morgan fingerprint density at radius 2 is 1.93 bits per heavy atom. The molecule has 2 aromatic carbocycles. The zero-order valence-electron chi connectivity index (χ0n) is 17.5. The quantitative estimate of drug-likeness (QED) is 0.513. The van der Waals surface area contributed by atoms with Crippen LogP contribution in [-0.2, 0) is 18.4 Å². The second kappa shape index (κ2) is 10.00. The molecule has 0 spiro atoms. The van der Waals surface area contributed by atoms with E-state index in [0.29, 0.717) is 22.5 Å². The number of nitrogens with one attached hydrogen (secondary N) is 1. The highest BCUT2D eigenvalue weighted by Gasteiger charge is 2.19. The van der Waals surface area contributed by atoms with Gasteiger partial charge in [0.1, 0.15) is 5.75 Å². The Morgan fingerprint density at radius 3 is 2.67 bits per heavy atom. The predicted molar refractivity (Wildman–Crippen MR) is 120 cm³/mol. The van der Waals surface area contributed by atoms with Crippen LogP contribution >= 0.6 is 23.4 Å². The van der Waals surface area contributed by atoms with Gasteiger partial charge in [0.05, 0.1) is 5.75 Å². The van der Waals surface area contributed by atoms with Gasteiger partial charge in [-0.1, -0.05) is 47.6 Å². The average molecular weight is 445 g/mol. The number of hydrogen-bond donors (Lipinski definition) is 1. The Kier molecular flexibility index (Phi) is 7.39. The van der Waals surface area contributed by atoms with Crippen LogP contribution in [0.3, 0.4) is 0 Å². The van der Waals surface area contributed by atoms with Gasteiger partial charge < -0.3 is 14.6 Å². The number of aryl methyl sites for hydroxylation is 1. The molecule has 8 heteroatoms. The van der Waals surface area contributed by atoms with Crippen molar-refractivity contribution >= 4 is 29.3 Å². The lowest BCUT2D eigenvalue weighted by Crippen LogP contribution is -2.24. The summed E-state index contributed by atoms with van der Waals surface area (Å²) in [5.41, 5.74) is 3.29. The largest absolute Gasteiger partial charge is 0.482 e. The number of aromatic nitrogens is 3. The van der Waals surface area contributed by atoms with Crippen molar-refractivity contribution in [3.8, 4) is 5.75 Å². The summed E-state index contributed by atoms with van der Waals surface area (Å²) in [5.74, 6) is 1.73. The maximum Gasteiger partial charge on any atom is 0.230 e. The van der Waals surface area contributed by atoms with E-state index in [9.17, 15) is 4.79 Å². The number of benzene rings is 2. The molecular formula is C22H25ClN4O2S. The molecule has 1 atom stereocenters. The van der Waals surface area contributed by atoms with Crippen molar-refractivity contribution in [2.75, 3.05) is 5.75 Å². The summed E-state index contributed by atoms with van der Waals surface area (Å²) in [4.78, 5) is 12.2. The smallest absolute Gasteiger partial charge is 0.230 e. The molecule has 30 heavy (non-hydrogen) atoms. The Morgan fingerprint density at radius 1 is 1.20 bits per heavy atom. The van der Waals surface area contributed by atoms with E-state index < -0.39 is 0 Å². The van der Waals surface area contributed by atoms with Crippen molar-refractivity contribution in [1.82, 2.24) is 20.1 Å². The van der Waals surface area contributed by atoms with Gasteiger partial charge in [-0.2, -0.15) is 0 Å². The maximum atomic E-state index is 12.2. The molecule has 1 unspecified atom stereocenters. The fourth-order valence-electron chi connectivity index (χ4n) is 2.88. The molecule has 3 rings (SSSR count). The SMILES string of the molecule is Cc1cccc(OC(C)c2nnc(SCC(=O)NCc3ccc(Cl)cc3)n2C)c1C. The monoisotopic (exact) mass is 444 g/mol. The first kappa shape index (κ1) is 22.2. The highest BCUT2D eigenvalue weighted by Crippen LogP contribution is 2.27. The summed E-state index contributed by atoms with van der Waals surface area (Å²) in [5, 5.41) is 12.7. The second-order valence-electron chi connectivity index (χ2n) is 7.05. The molecule has 0 radical (unpaired) electrons. The van der Waals surface area contributed by atoms with Gasteiger partial charge in [-0.3, -0.25) is 4.79 Å². The van der Waals surface area contributed by atoms with Crippen LogP contribution in [-0.4, -0.2) is 26.4 Å². The summed E-state index contributed by atoms with van der Waals surface area (Å²) in [6.45, 7) is 6.50. The van der Waals surface area contributed by atoms with Crippen molar-refractivity contribution < 1.29 is 9.53 Å². The summed E-state index contributed by atoms with van der Waals surface area (Å²) < 4.78 is 7.97. The lowest BCUT2D eigenvalue weighted by Gasteiger charge is -2.16. The number of halogens is 1. The highest BCUT2D eigenvalue weighted by molar-refractivity contribution is 7.99. The van der Waals surface area contributed by atoms with E-state index in [0.717, 1.165) is 16.9 Å². The van der Waals surface area contributed by atoms with Crippen LogP contribution < -0.4 is 10.1 Å². The van der Waals surface area contributed by atoms with Gasteiger partial charge in [-0.25, -0.2) is 0 Å². The number of thioether (sulfide) groups is 1. The molecule has 0 aliphatic heterocycles. The van der Waals surface area contributed by atoms with Crippen molar-refractivity contribution in [3.05, 3.63) is 70.0 Å². The molecule has 0 fully saturated rings. The normalized spacial score (nSPS) is 11.9. The Bertz CT molecular complexity index is 1020. The van der Waals surface area contributed by atoms with Gasteiger partial charge in [0.15, 0.2) is 17.1 Å². The summed E-state index contributed by atoms with van der Waals surface area (Å²) in [6, 6.07) is 13.4. The van der Waals surface area contributed by atoms with E-state index in [1.807, 2.05) is 49.7 Å². The van der Waals surface area contributed by atoms with Crippen molar-refractivity contribution in [2.24, 2.45) is 7.05 Å². The molecule has 0 saturated heterocycles. The third-order valence-corrected chi connectivity index (χ3v) is 6.10. The number of nitrogens with zero attached hydrogens (tertiary/aromatic N) is 3. The highest BCUT2D eigenvalue weighted by atomic mass is 35.5. The fraction of sp³-hybridized carbons (Fsp3) is 0.318. The number of amides is 1. The van der Waals surface area contributed by atoms with Crippen molar-refractivity contribution in [3.63, 3.8) is 0 Å². The van der Waals surface area contributed by atoms with Crippen molar-refractivity contribution in [2.45, 2.75) is 38.6 Å². The Balaban J connectivity index is 1.54. The van der Waals surface area contributed by atoms with Crippen LogP contribution in [0.25, 0.3) is 0 Å². The van der Waals surface area contributed by atoms with Gasteiger partial charge in [0.25, 0.3) is 0 Å². The summed E-state index contributed by atoms with van der Waals surface area (Å²) in [6.07, 6.45) is -0.268. The van der Waals surface area contributed by atoms with Crippen LogP contribution in [0, 0.1) is 13.8 Å². The summed E-state index contributed by atoms with van der Waals surface area (Å²) in [7, 11) is 1.88. The van der Waals surface area contributed by atoms with Crippen LogP contribution in [0.2, 0.25) is 5.02 Å². The third kappa shape index (κ3) is 5.55. The number of carbonyl (C=O) groups excluding carboxylic acids is 1. The van der Waals surface area contributed by atoms with Gasteiger partial charge in [-0.15, -0.1) is 10.2 Å². The van der Waals surface area contributed by atoms with Gasteiger partial charge in [-0.05, 0) is 55.7 Å². The van der Waals surface area contributed by atoms with Crippen LogP contribution in [0.1, 0.15) is 35.5 Å². The lowest BCUT2D eigenvalue weighted by atomic mass is 10.1. The molecular weight excluding hydrogens is 420 g/mol. The summed E-state index contributed by atoms with van der Waals surface area (Å²) >= 11 is 7.22. The van der Waals surface area contributed by atoms with Gasteiger partial charge >= 0.3 is 0 Å². The van der Waals surface area contributed by atoms with Crippen LogP contribution in [0.5, 0.6) is 5.75 Å². The first-order valence-electron chi connectivity index (χ1n) is 9.61. The van der Waals surface area contributed by atoms with Crippen molar-refractivity contribution in [1.29, 1.82) is 0 Å². The number of carbonyl (C=O) groups is 1. The van der Waals surface area contributed by atoms with E-state index in [-0.39, 0.29) is 17.8 Å². The minimum Gasteiger partial charge on any atom is -0.482 e. The third-order valence-electron chi connectivity index (χ3n) is 4.83. The molecule has 3 aromatic rings. The van der Waals surface area contributed by atoms with Gasteiger partial charge in [0, 0.05) is 18.6 Å². The van der Waals surface area contributed by atoms with E-state index >= 15 is 0 Å². The van der Waals surface area contributed by atoms with Gasteiger partial charge in [0.2, 0.25) is 5.91 Å². The predicted octanol–water partition coefficient (Wildman–Crippen LogP) is 4.63.